The van der Waals surface area contributed by atoms with E-state index in [1.165, 1.54) is 5.69 Å². The van der Waals surface area contributed by atoms with Crippen LogP contribution in [0.25, 0.3) is 0 Å². The van der Waals surface area contributed by atoms with Crippen molar-refractivity contribution in [3.8, 4) is 0 Å². The van der Waals surface area contributed by atoms with Crippen molar-refractivity contribution in [1.82, 2.24) is 14.8 Å². The highest BCUT2D eigenvalue weighted by atomic mass is 16.2. The minimum Gasteiger partial charge on any atom is -0.372 e. The zero-order valence-electron chi connectivity index (χ0n) is 17.4. The number of nitrogens with one attached hydrogen (secondary N) is 1. The summed E-state index contributed by atoms with van der Waals surface area (Å²) in [5.74, 6) is -0.0553. The topological polar surface area (TPSA) is 68.8 Å². The summed E-state index contributed by atoms with van der Waals surface area (Å²) in [6, 6.07) is 8.18. The summed E-state index contributed by atoms with van der Waals surface area (Å²) in [4.78, 5) is 33.7. The van der Waals surface area contributed by atoms with Crippen molar-refractivity contribution in [2.45, 2.75) is 20.8 Å². The number of pyridine rings is 1. The molecule has 7 nitrogen and oxygen atoms in total. The van der Waals surface area contributed by atoms with Crippen LogP contribution in [0.5, 0.6) is 0 Å². The molecule has 0 radical (unpaired) electrons. The summed E-state index contributed by atoms with van der Waals surface area (Å²) >= 11 is 0. The lowest BCUT2D eigenvalue weighted by Crippen LogP contribution is -2.48. The lowest BCUT2D eigenvalue weighted by molar-refractivity contribution is -0.119. The number of piperazine rings is 1. The van der Waals surface area contributed by atoms with Crippen molar-refractivity contribution < 1.29 is 9.59 Å². The van der Waals surface area contributed by atoms with E-state index in [1.807, 2.05) is 6.07 Å². The summed E-state index contributed by atoms with van der Waals surface area (Å²) in [6.07, 6.45) is 4.15. The Kier molecular flexibility index (Phi) is 6.69. The fourth-order valence-electron chi connectivity index (χ4n) is 3.57. The first-order valence-corrected chi connectivity index (χ1v) is 10.1. The van der Waals surface area contributed by atoms with Crippen LogP contribution in [0.3, 0.4) is 0 Å². The first-order valence-electron chi connectivity index (χ1n) is 10.1. The van der Waals surface area contributed by atoms with Crippen molar-refractivity contribution in [1.29, 1.82) is 0 Å². The van der Waals surface area contributed by atoms with Gasteiger partial charge in [0.2, 0.25) is 6.41 Å². The second-order valence-corrected chi connectivity index (χ2v) is 7.19. The quantitative estimate of drug-likeness (QED) is 0.730. The number of aryl methyl sites for hydroxylation is 1. The van der Waals surface area contributed by atoms with Crippen LogP contribution < -0.4 is 10.2 Å². The Morgan fingerprint density at radius 1 is 1.14 bits per heavy atom. The lowest BCUT2D eigenvalue weighted by Gasteiger charge is -2.32. The third-order valence-electron chi connectivity index (χ3n) is 5.35. The fraction of sp³-hybridized carbons (Fsp3) is 0.409. The molecule has 2 amide bonds. The van der Waals surface area contributed by atoms with Crippen molar-refractivity contribution in [2.24, 2.45) is 0 Å². The van der Waals surface area contributed by atoms with E-state index in [4.69, 9.17) is 0 Å². The van der Waals surface area contributed by atoms with Gasteiger partial charge in [0.25, 0.3) is 5.91 Å². The van der Waals surface area contributed by atoms with Gasteiger partial charge in [0.15, 0.2) is 0 Å². The van der Waals surface area contributed by atoms with E-state index >= 15 is 0 Å². The molecule has 1 aliphatic rings. The number of carbonyl (C=O) groups is 2. The third-order valence-corrected chi connectivity index (χ3v) is 5.35. The average Bonchev–Trinajstić information content (AvgIpc) is 2.76. The van der Waals surface area contributed by atoms with E-state index in [1.54, 1.807) is 22.2 Å². The molecule has 1 saturated heterocycles. The van der Waals surface area contributed by atoms with Crippen LogP contribution in [0.4, 0.5) is 17.1 Å². The molecular formula is C22H29N5O2. The molecule has 0 unspecified atom stereocenters. The maximum atomic E-state index is 12.8. The first kappa shape index (κ1) is 20.6. The highest BCUT2D eigenvalue weighted by molar-refractivity contribution is 5.95. The minimum absolute atomic E-state index is 0.0553. The van der Waals surface area contributed by atoms with Gasteiger partial charge >= 0.3 is 0 Å². The van der Waals surface area contributed by atoms with Gasteiger partial charge in [0.1, 0.15) is 0 Å². The van der Waals surface area contributed by atoms with E-state index in [-0.39, 0.29) is 5.91 Å². The third kappa shape index (κ3) is 4.85. The molecule has 1 aromatic carbocycles. The Bertz CT molecular complexity index is 858. The van der Waals surface area contributed by atoms with Crippen LogP contribution in [-0.4, -0.2) is 66.4 Å². The molecule has 2 aromatic rings. The second kappa shape index (κ2) is 9.41. The number of hydrogen-bond acceptors (Lipinski definition) is 5. The first-order chi connectivity index (χ1) is 14.0. The van der Waals surface area contributed by atoms with Crippen molar-refractivity contribution in [3.63, 3.8) is 0 Å². The monoisotopic (exact) mass is 395 g/mol. The van der Waals surface area contributed by atoms with Crippen molar-refractivity contribution in [3.05, 3.63) is 47.8 Å². The number of carbonyl (C=O) groups excluding carboxylic acids is 2. The van der Waals surface area contributed by atoms with Crippen LogP contribution in [-0.2, 0) is 4.79 Å². The molecule has 2 heterocycles. The molecule has 29 heavy (non-hydrogen) atoms. The largest absolute Gasteiger partial charge is 0.372 e. The Morgan fingerprint density at radius 2 is 1.86 bits per heavy atom. The Hall–Kier alpha value is -3.09. The predicted molar refractivity (Wildman–Crippen MR) is 116 cm³/mol. The summed E-state index contributed by atoms with van der Waals surface area (Å²) in [7, 11) is 0. The summed E-state index contributed by atoms with van der Waals surface area (Å²) < 4.78 is 0. The Balaban J connectivity index is 1.71. The number of anilines is 3. The molecule has 7 heteroatoms. The minimum atomic E-state index is -0.0553. The van der Waals surface area contributed by atoms with Gasteiger partial charge in [-0.1, -0.05) is 0 Å². The van der Waals surface area contributed by atoms with Crippen molar-refractivity contribution >= 4 is 29.4 Å². The van der Waals surface area contributed by atoms with Crippen LogP contribution >= 0.6 is 0 Å². The lowest BCUT2D eigenvalue weighted by atomic mass is 10.1. The predicted octanol–water partition coefficient (Wildman–Crippen LogP) is 2.89. The average molecular weight is 396 g/mol. The molecule has 1 N–H and O–H groups in total. The van der Waals surface area contributed by atoms with Crippen LogP contribution in [0.2, 0.25) is 0 Å². The summed E-state index contributed by atoms with van der Waals surface area (Å²) in [5, 5.41) is 3.38. The van der Waals surface area contributed by atoms with Gasteiger partial charge in [-0.15, -0.1) is 0 Å². The molecule has 1 aliphatic heterocycles. The van der Waals surface area contributed by atoms with E-state index in [0.29, 0.717) is 31.7 Å². The molecule has 0 atom stereocenters. The molecule has 1 fully saturated rings. The number of amides is 2. The Labute approximate surface area is 172 Å². The SMILES string of the molecule is CCN(CC)c1ccc(Nc2cncc(C(=O)N3CCN(C=O)CC3)c2)c(C)c1. The number of nitrogens with zero attached hydrogens (tertiary/aromatic N) is 4. The number of hydrogen-bond donors (Lipinski definition) is 1. The van der Waals surface area contributed by atoms with Crippen LogP contribution in [0.15, 0.2) is 36.7 Å². The maximum absolute atomic E-state index is 12.8. The van der Waals surface area contributed by atoms with E-state index < -0.39 is 0 Å². The zero-order chi connectivity index (χ0) is 20.8. The molecule has 3 rings (SSSR count). The number of rotatable bonds is 7. The van der Waals surface area contributed by atoms with E-state index in [9.17, 15) is 9.59 Å². The normalized spacial score (nSPS) is 13.9. The highest BCUT2D eigenvalue weighted by Crippen LogP contribution is 2.26. The molecule has 0 spiro atoms. The maximum Gasteiger partial charge on any atom is 0.255 e. The van der Waals surface area contributed by atoms with Gasteiger partial charge in [-0.05, 0) is 50.6 Å². The van der Waals surface area contributed by atoms with Crippen molar-refractivity contribution in [2.75, 3.05) is 49.5 Å². The van der Waals surface area contributed by atoms with E-state index in [0.717, 1.165) is 36.4 Å². The van der Waals surface area contributed by atoms with Gasteiger partial charge in [0, 0.05) is 56.8 Å². The molecule has 0 saturated carbocycles. The highest BCUT2D eigenvalue weighted by Gasteiger charge is 2.21. The summed E-state index contributed by atoms with van der Waals surface area (Å²) in [6.45, 7) is 10.5. The Morgan fingerprint density at radius 3 is 2.48 bits per heavy atom. The zero-order valence-corrected chi connectivity index (χ0v) is 17.4. The fourth-order valence-corrected chi connectivity index (χ4v) is 3.57. The molecular weight excluding hydrogens is 366 g/mol. The van der Waals surface area contributed by atoms with Gasteiger partial charge in [-0.25, -0.2) is 0 Å². The van der Waals surface area contributed by atoms with Gasteiger partial charge < -0.3 is 20.0 Å². The van der Waals surface area contributed by atoms with E-state index in [2.05, 4.69) is 54.2 Å². The molecule has 154 valence electrons. The number of aromatic nitrogens is 1. The summed E-state index contributed by atoms with van der Waals surface area (Å²) in [5.41, 5.74) is 4.66. The van der Waals surface area contributed by atoms with Gasteiger partial charge in [0.05, 0.1) is 17.4 Å². The van der Waals surface area contributed by atoms with Crippen LogP contribution in [0, 0.1) is 6.92 Å². The standard InChI is InChI=1S/C22H29N5O2/c1-4-26(5-2)20-6-7-21(17(3)12-20)24-19-13-18(14-23-15-19)22(29)27-10-8-25(16-28)9-11-27/h6-7,12-16,24H,4-5,8-11H2,1-3H3. The van der Waals surface area contributed by atoms with Gasteiger partial charge in [-0.2, -0.15) is 0 Å². The smallest absolute Gasteiger partial charge is 0.255 e. The van der Waals surface area contributed by atoms with Gasteiger partial charge in [-0.3, -0.25) is 14.6 Å². The number of benzene rings is 1. The molecule has 1 aromatic heterocycles. The molecule has 0 bridgehead atoms. The second-order valence-electron chi connectivity index (χ2n) is 7.19. The van der Waals surface area contributed by atoms with Crippen LogP contribution in [0.1, 0.15) is 29.8 Å². The molecule has 0 aliphatic carbocycles.